The highest BCUT2D eigenvalue weighted by Crippen LogP contribution is 2.08. The van der Waals surface area contributed by atoms with E-state index in [0.29, 0.717) is 6.42 Å². The Balaban J connectivity index is 0. The van der Waals surface area contributed by atoms with Gasteiger partial charge in [-0.15, -0.1) is 0 Å². The molecule has 0 heterocycles. The summed E-state index contributed by atoms with van der Waals surface area (Å²) in [6, 6.07) is 0. The van der Waals surface area contributed by atoms with Crippen molar-refractivity contribution in [3.8, 4) is 0 Å². The number of unbranched alkanes of at least 4 members (excludes halogenated alkanes) is 9. The van der Waals surface area contributed by atoms with Crippen LogP contribution in [-0.4, -0.2) is 19.6 Å². The van der Waals surface area contributed by atoms with Crippen LogP contribution in [0.3, 0.4) is 0 Å². The lowest BCUT2D eigenvalue weighted by atomic mass is 10.1. The minimum absolute atomic E-state index is 0.0648. The van der Waals surface area contributed by atoms with Gasteiger partial charge in [0, 0.05) is 0 Å². The van der Waals surface area contributed by atoms with Crippen molar-refractivity contribution < 1.29 is 17.2 Å². The average Bonchev–Trinajstić information content (AvgIpc) is 2.38. The molecule has 0 aliphatic rings. The third-order valence-corrected chi connectivity index (χ3v) is 3.40. The van der Waals surface area contributed by atoms with Crippen molar-refractivity contribution in [3.05, 3.63) is 0 Å². The van der Waals surface area contributed by atoms with Gasteiger partial charge in [0.1, 0.15) is 0 Å². The molecule has 0 amide bonds. The van der Waals surface area contributed by atoms with E-state index in [1.807, 2.05) is 6.92 Å². The van der Waals surface area contributed by atoms with Crippen molar-refractivity contribution in [2.45, 2.75) is 91.4 Å². The summed E-state index contributed by atoms with van der Waals surface area (Å²) in [5.74, 6) is 0. The highest BCUT2D eigenvalue weighted by molar-refractivity contribution is 7.80. The van der Waals surface area contributed by atoms with Gasteiger partial charge in [0.2, 0.25) is 0 Å². The Kier molecular flexibility index (Phi) is 18.7. The van der Waals surface area contributed by atoms with Crippen LogP contribution in [0.2, 0.25) is 0 Å². The van der Waals surface area contributed by atoms with Crippen LogP contribution in [0.5, 0.6) is 0 Å². The Morgan fingerprint density at radius 3 is 1.35 bits per heavy atom. The maximum atomic E-state index is 9.84. The Morgan fingerprint density at radius 1 is 0.700 bits per heavy atom. The van der Waals surface area contributed by atoms with Gasteiger partial charge in [-0.1, -0.05) is 85.0 Å². The second kappa shape index (κ2) is 16.9. The van der Waals surface area contributed by atoms with E-state index < -0.39 is 10.4 Å². The Bertz CT molecular complexity index is 255. The summed E-state index contributed by atoms with van der Waals surface area (Å²) in [6.07, 6.45) is 14.4. The van der Waals surface area contributed by atoms with E-state index in [9.17, 15) is 8.42 Å². The summed E-state index contributed by atoms with van der Waals surface area (Å²) in [5, 5.41) is 0. The summed E-state index contributed by atoms with van der Waals surface area (Å²) in [6.45, 7) is 6.51. The van der Waals surface area contributed by atoms with Crippen molar-refractivity contribution in [1.82, 2.24) is 0 Å². The summed E-state index contributed by atoms with van der Waals surface area (Å²) >= 11 is 0. The van der Waals surface area contributed by atoms with Crippen LogP contribution in [0.15, 0.2) is 0 Å². The van der Waals surface area contributed by atoms with Crippen LogP contribution in [-0.2, 0) is 14.6 Å². The van der Waals surface area contributed by atoms with Crippen LogP contribution in [0, 0.1) is 0 Å². The molecule has 0 spiro atoms. The van der Waals surface area contributed by atoms with Gasteiger partial charge in [0.25, 0.3) is 0 Å². The largest absolute Gasteiger partial charge is 0.397 e. The lowest BCUT2D eigenvalue weighted by Crippen LogP contribution is -2.04. The van der Waals surface area contributed by atoms with Gasteiger partial charge in [0.05, 0.1) is 6.61 Å². The average molecular weight is 310 g/mol. The first kappa shape index (κ1) is 22.2. The molecule has 0 aliphatic heterocycles. The Labute approximate surface area is 126 Å². The molecule has 0 saturated heterocycles. The quantitative estimate of drug-likeness (QED) is 0.400. The van der Waals surface area contributed by atoms with Gasteiger partial charge in [-0.05, 0) is 6.42 Å². The molecule has 0 saturated carbocycles. The Hall–Kier alpha value is -0.130. The van der Waals surface area contributed by atoms with Crippen molar-refractivity contribution in [3.63, 3.8) is 0 Å². The van der Waals surface area contributed by atoms with Crippen LogP contribution in [0.4, 0.5) is 0 Å². The molecule has 0 aromatic rings. The highest BCUT2D eigenvalue weighted by Gasteiger charge is 2.01. The molecule has 0 aliphatic carbocycles. The lowest BCUT2D eigenvalue weighted by Gasteiger charge is -1.98. The molecule has 4 nitrogen and oxygen atoms in total. The normalized spacial score (nSPS) is 11.0. The van der Waals surface area contributed by atoms with Crippen LogP contribution >= 0.6 is 0 Å². The van der Waals surface area contributed by atoms with Gasteiger partial charge >= 0.3 is 10.4 Å². The first-order valence-corrected chi connectivity index (χ1v) is 9.46. The number of hydrogen-bond acceptors (Lipinski definition) is 3. The van der Waals surface area contributed by atoms with Crippen molar-refractivity contribution in [2.75, 3.05) is 6.61 Å². The molecular weight excluding hydrogens is 276 g/mol. The molecular formula is C15H34O4S. The lowest BCUT2D eigenvalue weighted by molar-refractivity contribution is 0.264. The van der Waals surface area contributed by atoms with E-state index in [0.717, 1.165) is 6.42 Å². The number of rotatable bonds is 12. The fourth-order valence-electron chi connectivity index (χ4n) is 1.69. The van der Waals surface area contributed by atoms with E-state index in [1.165, 1.54) is 57.8 Å². The van der Waals surface area contributed by atoms with Gasteiger partial charge in [-0.25, -0.2) is 4.18 Å². The van der Waals surface area contributed by atoms with Crippen LogP contribution in [0.25, 0.3) is 0 Å². The van der Waals surface area contributed by atoms with Gasteiger partial charge in [0.15, 0.2) is 0 Å². The SMILES string of the molecule is CCCCCCCCCCC.CCCCOS(=O)(=O)O. The molecule has 0 rings (SSSR count). The molecule has 0 unspecified atom stereocenters. The van der Waals surface area contributed by atoms with Gasteiger partial charge in [-0.3, -0.25) is 4.55 Å². The predicted octanol–water partition coefficient (Wildman–Crippen LogP) is 5.14. The standard InChI is InChI=1S/C11H24.C4H10O4S/c1-3-5-7-9-11-10-8-6-4-2;1-2-3-4-8-9(5,6)7/h3-11H2,1-2H3;2-4H2,1H3,(H,5,6,7). The third-order valence-electron chi connectivity index (χ3n) is 2.94. The molecule has 0 atom stereocenters. The zero-order valence-electron chi connectivity index (χ0n) is 13.6. The van der Waals surface area contributed by atoms with Crippen LogP contribution < -0.4 is 0 Å². The van der Waals surface area contributed by atoms with E-state index in [2.05, 4.69) is 18.0 Å². The number of hydrogen-bond donors (Lipinski definition) is 1. The van der Waals surface area contributed by atoms with E-state index in [4.69, 9.17) is 4.55 Å². The molecule has 0 aromatic heterocycles. The highest BCUT2D eigenvalue weighted by atomic mass is 32.3. The van der Waals surface area contributed by atoms with Crippen molar-refractivity contribution in [2.24, 2.45) is 0 Å². The van der Waals surface area contributed by atoms with Crippen molar-refractivity contribution in [1.29, 1.82) is 0 Å². The minimum Gasteiger partial charge on any atom is -0.264 e. The maximum absolute atomic E-state index is 9.84. The molecule has 0 aromatic carbocycles. The summed E-state index contributed by atoms with van der Waals surface area (Å²) in [5.41, 5.74) is 0. The molecule has 5 heteroatoms. The molecule has 20 heavy (non-hydrogen) atoms. The van der Waals surface area contributed by atoms with E-state index >= 15 is 0 Å². The Morgan fingerprint density at radius 2 is 1.05 bits per heavy atom. The summed E-state index contributed by atoms with van der Waals surface area (Å²) < 4.78 is 31.7. The van der Waals surface area contributed by atoms with Crippen LogP contribution in [0.1, 0.15) is 91.4 Å². The molecule has 0 radical (unpaired) electrons. The fourth-order valence-corrected chi connectivity index (χ4v) is 2.02. The first-order valence-electron chi connectivity index (χ1n) is 8.09. The molecule has 0 bridgehead atoms. The van der Waals surface area contributed by atoms with Gasteiger partial charge < -0.3 is 0 Å². The van der Waals surface area contributed by atoms with Gasteiger partial charge in [-0.2, -0.15) is 8.42 Å². The molecule has 1 N–H and O–H groups in total. The fraction of sp³-hybridized carbons (Fsp3) is 1.00. The first-order chi connectivity index (χ1) is 9.47. The zero-order chi connectivity index (χ0) is 15.7. The summed E-state index contributed by atoms with van der Waals surface area (Å²) in [7, 11) is -4.20. The zero-order valence-corrected chi connectivity index (χ0v) is 14.4. The molecule has 124 valence electrons. The monoisotopic (exact) mass is 310 g/mol. The maximum Gasteiger partial charge on any atom is 0.397 e. The predicted molar refractivity (Wildman–Crippen MR) is 85.3 cm³/mol. The van der Waals surface area contributed by atoms with Crippen molar-refractivity contribution >= 4 is 10.4 Å². The minimum atomic E-state index is -4.20. The second-order valence-corrected chi connectivity index (χ2v) is 6.17. The second-order valence-electron chi connectivity index (χ2n) is 5.08. The third kappa shape index (κ3) is 26.4. The van der Waals surface area contributed by atoms with E-state index in [1.54, 1.807) is 0 Å². The smallest absolute Gasteiger partial charge is 0.264 e. The summed E-state index contributed by atoms with van der Waals surface area (Å²) in [4.78, 5) is 0. The molecule has 0 fully saturated rings. The topological polar surface area (TPSA) is 63.6 Å². The van der Waals surface area contributed by atoms with E-state index in [-0.39, 0.29) is 6.61 Å².